The summed E-state index contributed by atoms with van der Waals surface area (Å²) >= 11 is 0. The number of anilines is 1. The highest BCUT2D eigenvalue weighted by Crippen LogP contribution is 2.14. The van der Waals surface area contributed by atoms with Crippen molar-refractivity contribution in [1.29, 1.82) is 0 Å². The third kappa shape index (κ3) is 3.28. The van der Waals surface area contributed by atoms with Gasteiger partial charge in [0.2, 0.25) is 0 Å². The standard InChI is InChI=1S/C14H10F3NO2/c15-10-2-1-8(13(17)6-10)7-20-14(19)9-3-11(16)5-12(18)4-9/h1-6H,7,18H2. The molecule has 0 radical (unpaired) electrons. The van der Waals surface area contributed by atoms with Crippen LogP contribution in [0.4, 0.5) is 18.9 Å². The molecule has 20 heavy (non-hydrogen) atoms. The van der Waals surface area contributed by atoms with Crippen molar-refractivity contribution in [3.8, 4) is 0 Å². The highest BCUT2D eigenvalue weighted by atomic mass is 19.1. The number of benzene rings is 2. The molecule has 0 spiro atoms. The number of carbonyl (C=O) groups is 1. The minimum Gasteiger partial charge on any atom is -0.457 e. The fourth-order valence-electron chi connectivity index (χ4n) is 1.60. The van der Waals surface area contributed by atoms with Gasteiger partial charge in [-0.3, -0.25) is 0 Å². The highest BCUT2D eigenvalue weighted by molar-refractivity contribution is 5.90. The van der Waals surface area contributed by atoms with Crippen LogP contribution in [0.2, 0.25) is 0 Å². The molecular formula is C14H10F3NO2. The fourth-order valence-corrected chi connectivity index (χ4v) is 1.60. The Balaban J connectivity index is 2.08. The zero-order valence-corrected chi connectivity index (χ0v) is 10.2. The van der Waals surface area contributed by atoms with Crippen molar-refractivity contribution in [2.24, 2.45) is 0 Å². The van der Waals surface area contributed by atoms with Gasteiger partial charge in [0, 0.05) is 17.3 Å². The quantitative estimate of drug-likeness (QED) is 0.695. The summed E-state index contributed by atoms with van der Waals surface area (Å²) in [5.41, 5.74) is 5.41. The largest absolute Gasteiger partial charge is 0.457 e. The molecule has 0 unspecified atom stereocenters. The number of halogens is 3. The van der Waals surface area contributed by atoms with E-state index in [0.717, 1.165) is 24.3 Å². The van der Waals surface area contributed by atoms with E-state index in [1.54, 1.807) is 0 Å². The van der Waals surface area contributed by atoms with Gasteiger partial charge in [-0.1, -0.05) is 0 Å². The van der Waals surface area contributed by atoms with Crippen LogP contribution in [-0.2, 0) is 11.3 Å². The maximum atomic E-state index is 13.3. The summed E-state index contributed by atoms with van der Waals surface area (Å²) in [6, 6.07) is 6.15. The second-order valence-corrected chi connectivity index (χ2v) is 4.09. The van der Waals surface area contributed by atoms with Crippen molar-refractivity contribution in [1.82, 2.24) is 0 Å². The van der Waals surface area contributed by atoms with E-state index in [1.165, 1.54) is 6.07 Å². The van der Waals surface area contributed by atoms with Gasteiger partial charge in [-0.25, -0.2) is 18.0 Å². The Kier molecular flexibility index (Phi) is 3.93. The Bertz CT molecular complexity index is 639. The van der Waals surface area contributed by atoms with Gasteiger partial charge in [0.15, 0.2) is 0 Å². The van der Waals surface area contributed by atoms with Crippen molar-refractivity contribution in [2.45, 2.75) is 6.61 Å². The van der Waals surface area contributed by atoms with Crippen molar-refractivity contribution in [2.75, 3.05) is 5.73 Å². The number of carbonyl (C=O) groups excluding carboxylic acids is 1. The van der Waals surface area contributed by atoms with E-state index in [-0.39, 0.29) is 23.4 Å². The first-order chi connectivity index (χ1) is 9.45. The molecule has 2 aromatic rings. The lowest BCUT2D eigenvalue weighted by Crippen LogP contribution is -2.07. The van der Waals surface area contributed by atoms with Crippen molar-refractivity contribution < 1.29 is 22.7 Å². The first-order valence-electron chi connectivity index (χ1n) is 5.63. The molecule has 0 atom stereocenters. The van der Waals surface area contributed by atoms with Gasteiger partial charge in [0.05, 0.1) is 5.56 Å². The number of esters is 1. The van der Waals surface area contributed by atoms with Crippen LogP contribution in [0.1, 0.15) is 15.9 Å². The molecule has 0 amide bonds. The summed E-state index contributed by atoms with van der Waals surface area (Å²) in [5.74, 6) is -3.07. The number of hydrogen-bond donors (Lipinski definition) is 1. The lowest BCUT2D eigenvalue weighted by Gasteiger charge is -2.07. The SMILES string of the molecule is Nc1cc(F)cc(C(=O)OCc2ccc(F)cc2F)c1. The minimum atomic E-state index is -0.847. The molecule has 6 heteroatoms. The van der Waals surface area contributed by atoms with Crippen LogP contribution in [0.5, 0.6) is 0 Å². The van der Waals surface area contributed by atoms with Crippen molar-refractivity contribution in [3.63, 3.8) is 0 Å². The average molecular weight is 281 g/mol. The number of hydrogen-bond acceptors (Lipinski definition) is 3. The molecule has 0 fully saturated rings. The summed E-state index contributed by atoms with van der Waals surface area (Å²) in [4.78, 5) is 11.7. The topological polar surface area (TPSA) is 52.3 Å². The van der Waals surface area contributed by atoms with Crippen LogP contribution in [0.25, 0.3) is 0 Å². The zero-order chi connectivity index (χ0) is 14.7. The molecule has 0 aliphatic heterocycles. The fraction of sp³-hybridized carbons (Fsp3) is 0.0714. The Labute approximate surface area is 112 Å². The Morgan fingerprint density at radius 1 is 1.05 bits per heavy atom. The number of nitrogens with two attached hydrogens (primary N) is 1. The Morgan fingerprint density at radius 3 is 2.45 bits per heavy atom. The van der Waals surface area contributed by atoms with Gasteiger partial charge >= 0.3 is 5.97 Å². The maximum absolute atomic E-state index is 13.3. The molecule has 3 nitrogen and oxygen atoms in total. The van der Waals surface area contributed by atoms with E-state index in [2.05, 4.69) is 0 Å². The monoisotopic (exact) mass is 281 g/mol. The number of rotatable bonds is 3. The molecule has 0 aliphatic carbocycles. The summed E-state index contributed by atoms with van der Waals surface area (Å²) in [6.45, 7) is -0.388. The lowest BCUT2D eigenvalue weighted by atomic mass is 10.2. The molecule has 0 saturated carbocycles. The van der Waals surface area contributed by atoms with Crippen LogP contribution in [0.15, 0.2) is 36.4 Å². The van der Waals surface area contributed by atoms with Crippen molar-refractivity contribution in [3.05, 3.63) is 65.0 Å². The number of ether oxygens (including phenoxy) is 1. The normalized spacial score (nSPS) is 10.3. The smallest absolute Gasteiger partial charge is 0.338 e. The third-order valence-electron chi connectivity index (χ3n) is 2.53. The van der Waals surface area contributed by atoms with Crippen molar-refractivity contribution >= 4 is 11.7 Å². The van der Waals surface area contributed by atoms with Gasteiger partial charge in [-0.15, -0.1) is 0 Å². The van der Waals surface area contributed by atoms with E-state index in [0.29, 0.717) is 6.07 Å². The van der Waals surface area contributed by atoms with Crippen LogP contribution < -0.4 is 5.73 Å². The van der Waals surface area contributed by atoms with Crippen LogP contribution >= 0.6 is 0 Å². The summed E-state index contributed by atoms with van der Waals surface area (Å²) in [7, 11) is 0. The molecule has 104 valence electrons. The van der Waals surface area contributed by atoms with E-state index in [9.17, 15) is 18.0 Å². The second kappa shape index (κ2) is 5.64. The van der Waals surface area contributed by atoms with E-state index < -0.39 is 23.4 Å². The minimum absolute atomic E-state index is 0.0177. The molecular weight excluding hydrogens is 271 g/mol. The van der Waals surface area contributed by atoms with Crippen LogP contribution in [0, 0.1) is 17.5 Å². The summed E-state index contributed by atoms with van der Waals surface area (Å²) in [5, 5.41) is 0. The summed E-state index contributed by atoms with van der Waals surface area (Å²) in [6.07, 6.45) is 0. The zero-order valence-electron chi connectivity index (χ0n) is 10.2. The number of nitrogen functional groups attached to an aromatic ring is 1. The highest BCUT2D eigenvalue weighted by Gasteiger charge is 2.11. The van der Waals surface area contributed by atoms with Gasteiger partial charge in [-0.2, -0.15) is 0 Å². The first-order valence-corrected chi connectivity index (χ1v) is 5.63. The van der Waals surface area contributed by atoms with Gasteiger partial charge in [0.1, 0.15) is 24.1 Å². The Morgan fingerprint density at radius 2 is 1.80 bits per heavy atom. The van der Waals surface area contributed by atoms with Crippen LogP contribution in [0.3, 0.4) is 0 Å². The van der Waals surface area contributed by atoms with Gasteiger partial charge in [0.25, 0.3) is 0 Å². The molecule has 2 N–H and O–H groups in total. The van der Waals surface area contributed by atoms with Gasteiger partial charge < -0.3 is 10.5 Å². The predicted octanol–water partition coefficient (Wildman–Crippen LogP) is 3.04. The molecule has 0 aromatic heterocycles. The average Bonchev–Trinajstić information content (AvgIpc) is 2.36. The summed E-state index contributed by atoms with van der Waals surface area (Å²) < 4.78 is 43.9. The van der Waals surface area contributed by atoms with Crippen LogP contribution in [-0.4, -0.2) is 5.97 Å². The molecule has 0 aliphatic rings. The predicted molar refractivity (Wildman–Crippen MR) is 66.3 cm³/mol. The molecule has 2 aromatic carbocycles. The molecule has 0 heterocycles. The van der Waals surface area contributed by atoms with E-state index >= 15 is 0 Å². The third-order valence-corrected chi connectivity index (χ3v) is 2.53. The van der Waals surface area contributed by atoms with Gasteiger partial charge in [-0.05, 0) is 30.3 Å². The maximum Gasteiger partial charge on any atom is 0.338 e. The second-order valence-electron chi connectivity index (χ2n) is 4.09. The van der Waals surface area contributed by atoms with E-state index in [1.807, 2.05) is 0 Å². The molecule has 2 rings (SSSR count). The molecule has 0 bridgehead atoms. The lowest BCUT2D eigenvalue weighted by molar-refractivity contribution is 0.0468. The first kappa shape index (κ1) is 13.9. The Hall–Kier alpha value is -2.50. The van der Waals surface area contributed by atoms with E-state index in [4.69, 9.17) is 10.5 Å². The molecule has 0 saturated heterocycles.